The summed E-state index contributed by atoms with van der Waals surface area (Å²) in [7, 11) is 1.87. The van der Waals surface area contributed by atoms with E-state index in [2.05, 4.69) is 30.1 Å². The first-order valence-electron chi connectivity index (χ1n) is 5.10. The fraction of sp³-hybridized carbons (Fsp3) is 0.455. The van der Waals surface area contributed by atoms with Crippen molar-refractivity contribution in [3.05, 3.63) is 24.6 Å². The molecule has 16 heavy (non-hydrogen) atoms. The first-order valence-corrected chi connectivity index (χ1v) is 5.51. The second kappa shape index (κ2) is 7.87. The molecule has 0 spiro atoms. The molecule has 0 heterocycles. The molecule has 0 aromatic rings. The van der Waals surface area contributed by atoms with Crippen molar-refractivity contribution < 1.29 is 0 Å². The van der Waals surface area contributed by atoms with E-state index in [0.29, 0.717) is 5.11 Å². The van der Waals surface area contributed by atoms with Crippen LogP contribution in [-0.4, -0.2) is 48.3 Å². The maximum absolute atomic E-state index is 5.51. The van der Waals surface area contributed by atoms with Gasteiger partial charge >= 0.3 is 0 Å². The van der Waals surface area contributed by atoms with Gasteiger partial charge in [-0.2, -0.15) is 0 Å². The molecule has 5 heteroatoms. The Balaban J connectivity index is 4.40. The molecule has 0 bridgehead atoms. The highest BCUT2D eigenvalue weighted by Gasteiger charge is 2.06. The zero-order valence-corrected chi connectivity index (χ0v) is 10.8. The van der Waals surface area contributed by atoms with Crippen LogP contribution >= 0.6 is 12.2 Å². The van der Waals surface area contributed by atoms with E-state index in [1.165, 1.54) is 0 Å². The summed E-state index contributed by atoms with van der Waals surface area (Å²) in [5.41, 5.74) is 6.46. The van der Waals surface area contributed by atoms with Gasteiger partial charge in [-0.15, -0.1) is 0 Å². The third-order valence-corrected chi connectivity index (χ3v) is 2.57. The number of rotatable bonds is 7. The molecule has 0 aliphatic carbocycles. The second-order valence-corrected chi connectivity index (χ2v) is 3.70. The standard InChI is InChI=1S/C11H20N4S/c1-5-10(9-13-3)15(6-2)8-7-14(4)11(12)16/h5,9H,1,3,6-8H2,2,4H3,(H2,12,16)/b10-9+. The Morgan fingerprint density at radius 1 is 1.50 bits per heavy atom. The highest BCUT2D eigenvalue weighted by Crippen LogP contribution is 2.05. The average Bonchev–Trinajstić information content (AvgIpc) is 2.27. The molecule has 0 aromatic heterocycles. The average molecular weight is 240 g/mol. The Hall–Kier alpha value is -1.36. The Labute approximate surface area is 103 Å². The van der Waals surface area contributed by atoms with E-state index in [1.54, 1.807) is 12.3 Å². The molecule has 0 fully saturated rings. The van der Waals surface area contributed by atoms with Gasteiger partial charge in [-0.25, -0.2) is 0 Å². The molecule has 0 rings (SSSR count). The molecular weight excluding hydrogens is 220 g/mol. The van der Waals surface area contributed by atoms with Gasteiger partial charge in [0.1, 0.15) is 0 Å². The first kappa shape index (κ1) is 14.6. The summed E-state index contributed by atoms with van der Waals surface area (Å²) in [5, 5.41) is 0.405. The number of thiocarbonyl (C=S) groups is 1. The van der Waals surface area contributed by atoms with Gasteiger partial charge in [-0.1, -0.05) is 6.58 Å². The largest absolute Gasteiger partial charge is 0.376 e. The predicted molar refractivity (Wildman–Crippen MR) is 74.5 cm³/mol. The van der Waals surface area contributed by atoms with Crippen molar-refractivity contribution in [3.63, 3.8) is 0 Å². The lowest BCUT2D eigenvalue weighted by atomic mass is 10.3. The van der Waals surface area contributed by atoms with Gasteiger partial charge in [0, 0.05) is 32.9 Å². The maximum atomic E-state index is 5.51. The minimum atomic E-state index is 0.405. The van der Waals surface area contributed by atoms with Gasteiger partial charge in [-0.3, -0.25) is 4.99 Å². The van der Waals surface area contributed by atoms with E-state index in [-0.39, 0.29) is 0 Å². The third kappa shape index (κ3) is 4.93. The van der Waals surface area contributed by atoms with Crippen molar-refractivity contribution in [2.45, 2.75) is 6.92 Å². The molecule has 0 saturated carbocycles. The van der Waals surface area contributed by atoms with Gasteiger partial charge in [0.05, 0.1) is 5.70 Å². The van der Waals surface area contributed by atoms with Crippen molar-refractivity contribution in [1.29, 1.82) is 0 Å². The zero-order chi connectivity index (χ0) is 12.6. The molecule has 0 unspecified atom stereocenters. The highest BCUT2D eigenvalue weighted by atomic mass is 32.1. The van der Waals surface area contributed by atoms with Crippen LogP contribution in [0.25, 0.3) is 0 Å². The molecule has 0 aliphatic heterocycles. The maximum Gasteiger partial charge on any atom is 0.166 e. The Kier molecular flexibility index (Phi) is 7.20. The lowest BCUT2D eigenvalue weighted by Gasteiger charge is -2.26. The molecule has 2 N–H and O–H groups in total. The summed E-state index contributed by atoms with van der Waals surface area (Å²) < 4.78 is 0. The fourth-order valence-electron chi connectivity index (χ4n) is 1.21. The van der Waals surface area contributed by atoms with E-state index in [1.807, 2.05) is 11.9 Å². The number of nitrogens with zero attached hydrogens (tertiary/aromatic N) is 3. The number of hydrogen-bond donors (Lipinski definition) is 1. The summed E-state index contributed by atoms with van der Waals surface area (Å²) in [4.78, 5) is 7.72. The first-order chi connectivity index (χ1) is 7.56. The van der Waals surface area contributed by atoms with E-state index in [0.717, 1.165) is 25.3 Å². The molecule has 0 saturated heterocycles. The lowest BCUT2D eigenvalue weighted by molar-refractivity contribution is 0.334. The van der Waals surface area contributed by atoms with Gasteiger partial charge in [-0.05, 0) is 31.9 Å². The van der Waals surface area contributed by atoms with Crippen molar-refractivity contribution in [2.75, 3.05) is 26.7 Å². The van der Waals surface area contributed by atoms with E-state index < -0.39 is 0 Å². The van der Waals surface area contributed by atoms with Crippen molar-refractivity contribution in [2.24, 2.45) is 10.7 Å². The van der Waals surface area contributed by atoms with Crippen LogP contribution in [-0.2, 0) is 0 Å². The second-order valence-electron chi connectivity index (χ2n) is 3.28. The Morgan fingerprint density at radius 2 is 2.12 bits per heavy atom. The van der Waals surface area contributed by atoms with Crippen molar-refractivity contribution in [3.8, 4) is 0 Å². The van der Waals surface area contributed by atoms with Gasteiger partial charge in [0.15, 0.2) is 5.11 Å². The molecular formula is C11H20N4S. The number of likely N-dealkylation sites (N-methyl/N-ethyl adjacent to an activating group) is 2. The highest BCUT2D eigenvalue weighted by molar-refractivity contribution is 7.80. The summed E-state index contributed by atoms with van der Waals surface area (Å²) in [5.74, 6) is 0. The summed E-state index contributed by atoms with van der Waals surface area (Å²) >= 11 is 4.87. The number of hydrogen-bond acceptors (Lipinski definition) is 3. The predicted octanol–water partition coefficient (Wildman–Crippen LogP) is 1.21. The molecule has 0 aliphatic rings. The molecule has 0 aromatic carbocycles. The fourth-order valence-corrected chi connectivity index (χ4v) is 1.30. The van der Waals surface area contributed by atoms with Crippen LogP contribution in [0.2, 0.25) is 0 Å². The van der Waals surface area contributed by atoms with Gasteiger partial charge in [0.25, 0.3) is 0 Å². The summed E-state index contributed by atoms with van der Waals surface area (Å²) in [6.07, 6.45) is 3.45. The molecule has 0 amide bonds. The van der Waals surface area contributed by atoms with Crippen molar-refractivity contribution in [1.82, 2.24) is 9.80 Å². The SMILES string of the molecule is C=C/C(=C\N=C)N(CC)CCN(C)C(N)=S. The smallest absolute Gasteiger partial charge is 0.166 e. The minimum Gasteiger partial charge on any atom is -0.376 e. The monoisotopic (exact) mass is 240 g/mol. The van der Waals surface area contributed by atoms with Crippen LogP contribution in [0.4, 0.5) is 0 Å². The lowest BCUT2D eigenvalue weighted by Crippen LogP contribution is -2.38. The summed E-state index contributed by atoms with van der Waals surface area (Å²) in [6, 6.07) is 0. The van der Waals surface area contributed by atoms with E-state index >= 15 is 0 Å². The van der Waals surface area contributed by atoms with Gasteiger partial charge in [0.2, 0.25) is 0 Å². The van der Waals surface area contributed by atoms with Crippen molar-refractivity contribution >= 4 is 24.0 Å². The number of nitrogens with two attached hydrogens (primary N) is 1. The Bertz CT molecular complexity index is 286. The number of aliphatic imine (C=N–C) groups is 1. The van der Waals surface area contributed by atoms with Gasteiger partial charge < -0.3 is 15.5 Å². The minimum absolute atomic E-state index is 0.405. The third-order valence-electron chi connectivity index (χ3n) is 2.26. The zero-order valence-electron chi connectivity index (χ0n) is 10.0. The van der Waals surface area contributed by atoms with Crippen LogP contribution in [0.5, 0.6) is 0 Å². The van der Waals surface area contributed by atoms with Crippen LogP contribution in [0.15, 0.2) is 29.5 Å². The molecule has 0 atom stereocenters. The number of allylic oxidation sites excluding steroid dienone is 1. The molecule has 90 valence electrons. The Morgan fingerprint density at radius 3 is 2.50 bits per heavy atom. The normalized spacial score (nSPS) is 10.8. The summed E-state index contributed by atoms with van der Waals surface area (Å²) in [6.45, 7) is 11.7. The molecule has 4 nitrogen and oxygen atoms in total. The van der Waals surface area contributed by atoms with Crippen LogP contribution in [0.1, 0.15) is 6.92 Å². The topological polar surface area (TPSA) is 44.9 Å². The van der Waals surface area contributed by atoms with E-state index in [4.69, 9.17) is 18.0 Å². The van der Waals surface area contributed by atoms with Crippen LogP contribution < -0.4 is 5.73 Å². The van der Waals surface area contributed by atoms with Crippen LogP contribution in [0.3, 0.4) is 0 Å². The van der Waals surface area contributed by atoms with Crippen LogP contribution in [0, 0.1) is 0 Å². The van der Waals surface area contributed by atoms with E-state index in [9.17, 15) is 0 Å². The quantitative estimate of drug-likeness (QED) is 0.413. The molecule has 0 radical (unpaired) electrons.